The van der Waals surface area contributed by atoms with Crippen LogP contribution in [0.25, 0.3) is 88.0 Å². The number of rotatable bonds is 6. The Morgan fingerprint density at radius 3 is 1.84 bits per heavy atom. The van der Waals surface area contributed by atoms with Crippen LogP contribution in [0.15, 0.2) is 217 Å². The molecule has 0 fully saturated rings. The zero-order chi connectivity index (χ0) is 40.7. The lowest BCUT2D eigenvalue weighted by molar-refractivity contribution is 0.660. The molecule has 2 nitrogen and oxygen atoms in total. The molecule has 11 aromatic rings. The first-order valence-corrected chi connectivity index (χ1v) is 21.2. The summed E-state index contributed by atoms with van der Waals surface area (Å²) in [5, 5.41) is 7.17. The lowest BCUT2D eigenvalue weighted by Crippen LogP contribution is -2.17. The average molecular weight is 780 g/mol. The normalized spacial score (nSPS) is 12.9. The molecule has 0 bridgehead atoms. The van der Waals surface area contributed by atoms with Gasteiger partial charge < -0.3 is 9.32 Å². The minimum absolute atomic E-state index is 0.160. The van der Waals surface area contributed by atoms with Gasteiger partial charge in [-0.2, -0.15) is 0 Å². The van der Waals surface area contributed by atoms with E-state index >= 15 is 0 Å². The predicted octanol–water partition coefficient (Wildman–Crippen LogP) is 16.7. The zero-order valence-electron chi connectivity index (χ0n) is 34.1. The first kappa shape index (κ1) is 35.3. The molecule has 0 radical (unpaired) electrons. The van der Waals surface area contributed by atoms with Crippen molar-refractivity contribution in [1.82, 2.24) is 0 Å². The molecule has 12 rings (SSSR count). The van der Waals surface area contributed by atoms with Crippen LogP contribution in [0.2, 0.25) is 0 Å². The van der Waals surface area contributed by atoms with Gasteiger partial charge in [0.25, 0.3) is 0 Å². The highest BCUT2D eigenvalue weighted by Crippen LogP contribution is 2.53. The van der Waals surface area contributed by atoms with Crippen molar-refractivity contribution < 1.29 is 4.42 Å². The highest BCUT2D eigenvalue weighted by Gasteiger charge is 2.36. The van der Waals surface area contributed by atoms with Crippen LogP contribution >= 0.6 is 0 Å². The van der Waals surface area contributed by atoms with Crippen LogP contribution in [-0.2, 0) is 5.41 Å². The average Bonchev–Trinajstić information content (AvgIpc) is 3.80. The molecule has 1 aromatic heterocycles. The molecule has 1 heterocycles. The van der Waals surface area contributed by atoms with Crippen molar-refractivity contribution in [3.05, 3.63) is 223 Å². The maximum absolute atomic E-state index is 6.41. The zero-order valence-corrected chi connectivity index (χ0v) is 34.1. The summed E-state index contributed by atoms with van der Waals surface area (Å²) < 4.78 is 6.41. The van der Waals surface area contributed by atoms with Gasteiger partial charge in [-0.1, -0.05) is 172 Å². The minimum Gasteiger partial charge on any atom is -0.456 e. The van der Waals surface area contributed by atoms with E-state index in [4.69, 9.17) is 4.42 Å². The van der Waals surface area contributed by atoms with Crippen LogP contribution in [-0.4, -0.2) is 0 Å². The molecule has 0 atom stereocenters. The van der Waals surface area contributed by atoms with Crippen molar-refractivity contribution in [3.63, 3.8) is 0 Å². The molecule has 0 saturated carbocycles. The van der Waals surface area contributed by atoms with Gasteiger partial charge in [-0.25, -0.2) is 0 Å². The number of nitrogens with zero attached hydrogens (tertiary/aromatic N) is 1. The first-order chi connectivity index (χ1) is 30.0. The fourth-order valence-electron chi connectivity index (χ4n) is 10.1. The lowest BCUT2D eigenvalue weighted by atomic mass is 9.82. The van der Waals surface area contributed by atoms with Crippen molar-refractivity contribution in [2.24, 2.45) is 0 Å². The third kappa shape index (κ3) is 5.56. The summed E-state index contributed by atoms with van der Waals surface area (Å²) in [5.74, 6) is 0. The summed E-state index contributed by atoms with van der Waals surface area (Å²) in [6.45, 7) is 4.73. The molecule has 2 heteroatoms. The molecular weight excluding hydrogens is 739 g/mol. The van der Waals surface area contributed by atoms with Crippen molar-refractivity contribution in [3.8, 4) is 44.5 Å². The lowest BCUT2D eigenvalue weighted by Gasteiger charge is -2.31. The standard InChI is InChI=1S/C59H41NO/c1-59(2)53-24-12-10-21-47(53)48-33-32-43(37-54(48)59)60(42-30-27-39(28-31-42)38-15-4-3-5-16-38)55-25-14-23-50(51-35-40-17-6-7-18-44(40)45-19-8-9-20-46(45)51)58(55)41-29-34-57-52(36-41)49-22-11-13-26-56(49)61-57/h3-37H,1-2H3. The number of hydrogen-bond acceptors (Lipinski definition) is 2. The van der Waals surface area contributed by atoms with Crippen LogP contribution in [0, 0.1) is 0 Å². The van der Waals surface area contributed by atoms with Gasteiger partial charge in [0.05, 0.1) is 5.69 Å². The smallest absolute Gasteiger partial charge is 0.135 e. The Labute approximate surface area is 355 Å². The van der Waals surface area contributed by atoms with Gasteiger partial charge in [0, 0.05) is 33.1 Å². The van der Waals surface area contributed by atoms with Crippen LogP contribution in [0.5, 0.6) is 0 Å². The fraction of sp³-hybridized carbons (Fsp3) is 0.0508. The molecule has 1 aliphatic carbocycles. The molecule has 0 saturated heterocycles. The number of furan rings is 1. The van der Waals surface area contributed by atoms with E-state index in [0.29, 0.717) is 0 Å². The van der Waals surface area contributed by atoms with Crippen molar-refractivity contribution >= 4 is 60.5 Å². The number of anilines is 3. The van der Waals surface area contributed by atoms with Gasteiger partial charge in [-0.05, 0) is 126 Å². The largest absolute Gasteiger partial charge is 0.456 e. The molecule has 1 aliphatic rings. The third-order valence-electron chi connectivity index (χ3n) is 13.1. The number of benzene rings is 10. The molecule has 0 N–H and O–H groups in total. The van der Waals surface area contributed by atoms with Crippen molar-refractivity contribution in [2.75, 3.05) is 4.90 Å². The fourth-order valence-corrected chi connectivity index (χ4v) is 10.1. The van der Waals surface area contributed by atoms with Gasteiger partial charge in [0.15, 0.2) is 0 Å². The van der Waals surface area contributed by atoms with E-state index in [2.05, 4.69) is 225 Å². The van der Waals surface area contributed by atoms with Gasteiger partial charge in [-0.3, -0.25) is 0 Å². The molecule has 0 aliphatic heterocycles. The van der Waals surface area contributed by atoms with E-state index < -0.39 is 0 Å². The Morgan fingerprint density at radius 2 is 0.984 bits per heavy atom. The van der Waals surface area contributed by atoms with E-state index in [-0.39, 0.29) is 5.41 Å². The second kappa shape index (κ2) is 13.7. The SMILES string of the molecule is CC1(C)c2ccccc2-c2ccc(N(c3ccc(-c4ccccc4)cc3)c3cccc(-c4cc5ccccc5c5ccccc45)c3-c3ccc4oc5ccccc5c4c3)cc21. The quantitative estimate of drug-likeness (QED) is 0.156. The van der Waals surface area contributed by atoms with Crippen molar-refractivity contribution in [2.45, 2.75) is 19.3 Å². The van der Waals surface area contributed by atoms with E-state index in [0.717, 1.165) is 50.1 Å². The number of fused-ring (bicyclic) bond motifs is 9. The summed E-state index contributed by atoms with van der Waals surface area (Å²) in [6, 6.07) is 77.7. The highest BCUT2D eigenvalue weighted by atomic mass is 16.3. The van der Waals surface area contributed by atoms with Gasteiger partial charge in [0.1, 0.15) is 11.2 Å². The molecule has 0 spiro atoms. The topological polar surface area (TPSA) is 16.4 Å². The van der Waals surface area contributed by atoms with Crippen LogP contribution in [0.1, 0.15) is 25.0 Å². The first-order valence-electron chi connectivity index (χ1n) is 21.2. The summed E-state index contributed by atoms with van der Waals surface area (Å²) >= 11 is 0. The predicted molar refractivity (Wildman–Crippen MR) is 257 cm³/mol. The minimum atomic E-state index is -0.160. The molecule has 61 heavy (non-hydrogen) atoms. The van der Waals surface area contributed by atoms with Crippen LogP contribution in [0.4, 0.5) is 17.1 Å². The number of para-hydroxylation sites is 1. The van der Waals surface area contributed by atoms with Gasteiger partial charge in [-0.15, -0.1) is 0 Å². The van der Waals surface area contributed by atoms with Gasteiger partial charge in [0.2, 0.25) is 0 Å². The van der Waals surface area contributed by atoms with Crippen LogP contribution < -0.4 is 4.90 Å². The molecule has 0 unspecified atom stereocenters. The summed E-state index contributed by atoms with van der Waals surface area (Å²) in [4.78, 5) is 2.48. The van der Waals surface area contributed by atoms with E-state index in [1.165, 1.54) is 66.1 Å². The van der Waals surface area contributed by atoms with E-state index in [9.17, 15) is 0 Å². The molecule has 288 valence electrons. The maximum atomic E-state index is 6.41. The Bertz CT molecular complexity index is 3500. The summed E-state index contributed by atoms with van der Waals surface area (Å²) in [5.41, 5.74) is 17.3. The summed E-state index contributed by atoms with van der Waals surface area (Å²) in [6.07, 6.45) is 0. The summed E-state index contributed by atoms with van der Waals surface area (Å²) in [7, 11) is 0. The highest BCUT2D eigenvalue weighted by molar-refractivity contribution is 6.16. The Morgan fingerprint density at radius 1 is 0.361 bits per heavy atom. The second-order valence-electron chi connectivity index (χ2n) is 16.8. The Hall–Kier alpha value is -7.68. The van der Waals surface area contributed by atoms with Crippen LogP contribution in [0.3, 0.4) is 0 Å². The molecule has 0 amide bonds. The maximum Gasteiger partial charge on any atom is 0.135 e. The molecular formula is C59H41NO. The Kier molecular flexibility index (Phi) is 7.92. The van der Waals surface area contributed by atoms with E-state index in [1.807, 2.05) is 6.07 Å². The van der Waals surface area contributed by atoms with E-state index in [1.54, 1.807) is 0 Å². The number of hydrogen-bond donors (Lipinski definition) is 0. The van der Waals surface area contributed by atoms with Crippen molar-refractivity contribution in [1.29, 1.82) is 0 Å². The Balaban J connectivity index is 1.16. The second-order valence-corrected chi connectivity index (χ2v) is 16.8. The monoisotopic (exact) mass is 779 g/mol. The molecule has 10 aromatic carbocycles. The third-order valence-corrected chi connectivity index (χ3v) is 13.1. The van der Waals surface area contributed by atoms with Gasteiger partial charge >= 0.3 is 0 Å².